The molecule has 2 aliphatic heterocycles. The molecule has 2 N–H and O–H groups in total. The minimum Gasteiger partial charge on any atom is -0.313 e. The minimum absolute atomic E-state index is 0.906. The lowest BCUT2D eigenvalue weighted by Gasteiger charge is -2.15. The second kappa shape index (κ2) is 8.38. The summed E-state index contributed by atoms with van der Waals surface area (Å²) in [6.07, 6.45) is 8.74. The summed E-state index contributed by atoms with van der Waals surface area (Å²) in [5.41, 5.74) is 9.75. The lowest BCUT2D eigenvalue weighted by atomic mass is 9.95. The van der Waals surface area contributed by atoms with E-state index in [0.717, 1.165) is 56.0 Å². The zero-order chi connectivity index (χ0) is 20.3. The first kappa shape index (κ1) is 19.0. The van der Waals surface area contributed by atoms with Crippen LogP contribution in [0.2, 0.25) is 0 Å². The van der Waals surface area contributed by atoms with Crippen molar-refractivity contribution in [2.45, 2.75) is 19.8 Å². The van der Waals surface area contributed by atoms with Gasteiger partial charge in [-0.05, 0) is 72.8 Å². The number of hydrogen-bond acceptors (Lipinski definition) is 4. The maximum atomic E-state index is 4.45. The van der Waals surface area contributed by atoms with Crippen LogP contribution >= 0.6 is 0 Å². The molecule has 0 saturated carbocycles. The Hall–Kier alpha value is -3.02. The van der Waals surface area contributed by atoms with E-state index in [1.54, 1.807) is 0 Å². The van der Waals surface area contributed by atoms with Crippen molar-refractivity contribution in [3.05, 3.63) is 77.5 Å². The topological polar surface area (TPSA) is 54.8 Å². The molecule has 1 aromatic heterocycles. The van der Waals surface area contributed by atoms with Crippen LogP contribution in [0.4, 0.5) is 0 Å². The first-order valence-electron chi connectivity index (χ1n) is 10.7. The first-order chi connectivity index (χ1) is 14.8. The normalized spacial score (nSPS) is 16.8. The van der Waals surface area contributed by atoms with Crippen LogP contribution in [0.15, 0.2) is 60.8 Å². The molecule has 3 heterocycles. The van der Waals surface area contributed by atoms with E-state index in [-0.39, 0.29) is 0 Å². The van der Waals surface area contributed by atoms with Crippen LogP contribution in [0.3, 0.4) is 0 Å². The van der Waals surface area contributed by atoms with E-state index in [1.807, 2.05) is 10.9 Å². The highest BCUT2D eigenvalue weighted by molar-refractivity contribution is 5.72. The van der Waals surface area contributed by atoms with Gasteiger partial charge in [-0.3, -0.25) is 0 Å². The SMILES string of the molecule is Cc1cc(C2=CCNCC2)ccc1-c1cn(-c2ccc(C3=CCNCC3)cc2)nn1. The van der Waals surface area contributed by atoms with Gasteiger partial charge in [0.05, 0.1) is 11.9 Å². The van der Waals surface area contributed by atoms with E-state index in [4.69, 9.17) is 0 Å². The number of aromatic nitrogens is 3. The second-order valence-corrected chi connectivity index (χ2v) is 7.99. The average Bonchev–Trinajstić information content (AvgIpc) is 3.30. The maximum absolute atomic E-state index is 4.45. The molecule has 3 aromatic rings. The number of nitrogens with zero attached hydrogens (tertiary/aromatic N) is 3. The molecule has 0 saturated heterocycles. The van der Waals surface area contributed by atoms with Gasteiger partial charge in [-0.2, -0.15) is 0 Å². The quantitative estimate of drug-likeness (QED) is 0.699. The fourth-order valence-electron chi connectivity index (χ4n) is 4.26. The summed E-state index contributed by atoms with van der Waals surface area (Å²) in [5.74, 6) is 0. The molecule has 2 aromatic carbocycles. The van der Waals surface area contributed by atoms with Crippen molar-refractivity contribution >= 4 is 11.1 Å². The van der Waals surface area contributed by atoms with Crippen LogP contribution in [0.1, 0.15) is 29.5 Å². The minimum atomic E-state index is 0.906. The molecule has 0 radical (unpaired) electrons. The molecule has 0 bridgehead atoms. The van der Waals surface area contributed by atoms with Gasteiger partial charge in [0.25, 0.3) is 0 Å². The predicted octanol–water partition coefficient (Wildman–Crippen LogP) is 4.00. The molecule has 0 fully saturated rings. The van der Waals surface area contributed by atoms with Crippen molar-refractivity contribution < 1.29 is 0 Å². The Bertz CT molecular complexity index is 1100. The van der Waals surface area contributed by atoms with Gasteiger partial charge >= 0.3 is 0 Å². The van der Waals surface area contributed by atoms with Crippen molar-refractivity contribution in [2.75, 3.05) is 26.2 Å². The van der Waals surface area contributed by atoms with Crippen molar-refractivity contribution in [2.24, 2.45) is 0 Å². The standard InChI is InChI=1S/C25H27N5/c1-18-16-22(21-10-14-27-15-11-21)4-7-24(18)25-17-30(29-28-25)23-5-2-19(3-6-23)20-8-12-26-13-9-20/h2-8,10,16-17,26-27H,9,11-15H2,1H3. The van der Waals surface area contributed by atoms with Crippen molar-refractivity contribution in [1.82, 2.24) is 25.6 Å². The summed E-state index contributed by atoms with van der Waals surface area (Å²) < 4.78 is 1.86. The van der Waals surface area contributed by atoms with Gasteiger partial charge < -0.3 is 10.6 Å². The highest BCUT2D eigenvalue weighted by Gasteiger charge is 2.12. The molecule has 0 atom stereocenters. The molecule has 0 aliphatic carbocycles. The van der Waals surface area contributed by atoms with Gasteiger partial charge in [-0.25, -0.2) is 4.68 Å². The smallest absolute Gasteiger partial charge is 0.113 e. The summed E-state index contributed by atoms with van der Waals surface area (Å²) in [7, 11) is 0. The summed E-state index contributed by atoms with van der Waals surface area (Å²) in [6.45, 7) is 6.16. The van der Waals surface area contributed by atoms with Crippen LogP contribution in [-0.4, -0.2) is 41.2 Å². The Morgan fingerprint density at radius 2 is 1.50 bits per heavy atom. The number of rotatable bonds is 4. The fraction of sp³-hybridized carbons (Fsp3) is 0.280. The summed E-state index contributed by atoms with van der Waals surface area (Å²) in [6, 6.07) is 15.3. The summed E-state index contributed by atoms with van der Waals surface area (Å²) in [5, 5.41) is 15.6. The van der Waals surface area contributed by atoms with Gasteiger partial charge in [-0.15, -0.1) is 5.10 Å². The van der Waals surface area contributed by atoms with Crippen molar-refractivity contribution in [3.8, 4) is 16.9 Å². The third-order valence-electron chi connectivity index (χ3n) is 6.00. The number of benzene rings is 2. The number of nitrogens with one attached hydrogen (secondary N) is 2. The molecule has 30 heavy (non-hydrogen) atoms. The van der Waals surface area contributed by atoms with Crippen molar-refractivity contribution in [1.29, 1.82) is 0 Å². The van der Waals surface area contributed by atoms with Crippen LogP contribution in [0, 0.1) is 6.92 Å². The highest BCUT2D eigenvalue weighted by Crippen LogP contribution is 2.28. The number of aryl methyl sites for hydroxylation is 1. The van der Waals surface area contributed by atoms with E-state index in [0.29, 0.717) is 0 Å². The van der Waals surface area contributed by atoms with E-state index in [9.17, 15) is 0 Å². The molecule has 5 rings (SSSR count). The van der Waals surface area contributed by atoms with Crippen molar-refractivity contribution in [3.63, 3.8) is 0 Å². The molecule has 2 aliphatic rings. The van der Waals surface area contributed by atoms with E-state index >= 15 is 0 Å². The van der Waals surface area contributed by atoms with Crippen LogP contribution in [-0.2, 0) is 0 Å². The molecular formula is C25H27N5. The zero-order valence-electron chi connectivity index (χ0n) is 17.4. The molecule has 5 nitrogen and oxygen atoms in total. The Kier molecular flexibility index (Phi) is 5.30. The largest absolute Gasteiger partial charge is 0.313 e. The van der Waals surface area contributed by atoms with Crippen LogP contribution in [0.25, 0.3) is 28.1 Å². The monoisotopic (exact) mass is 397 g/mol. The highest BCUT2D eigenvalue weighted by atomic mass is 15.4. The van der Waals surface area contributed by atoms with E-state index in [2.05, 4.69) is 82.5 Å². The lowest BCUT2D eigenvalue weighted by molar-refractivity contribution is 0.738. The van der Waals surface area contributed by atoms with Crippen LogP contribution < -0.4 is 10.6 Å². The Morgan fingerprint density at radius 1 is 0.833 bits per heavy atom. The van der Waals surface area contributed by atoms with Gasteiger partial charge in [0.2, 0.25) is 0 Å². The molecule has 5 heteroatoms. The average molecular weight is 398 g/mol. The Balaban J connectivity index is 1.37. The number of hydrogen-bond donors (Lipinski definition) is 2. The molecule has 0 unspecified atom stereocenters. The van der Waals surface area contributed by atoms with Gasteiger partial charge in [0, 0.05) is 18.7 Å². The molecule has 0 spiro atoms. The second-order valence-electron chi connectivity index (χ2n) is 7.99. The summed E-state index contributed by atoms with van der Waals surface area (Å²) >= 11 is 0. The van der Waals surface area contributed by atoms with Crippen LogP contribution in [0.5, 0.6) is 0 Å². The van der Waals surface area contributed by atoms with E-state index in [1.165, 1.54) is 27.8 Å². The van der Waals surface area contributed by atoms with Gasteiger partial charge in [0.1, 0.15) is 5.69 Å². The Labute approximate surface area is 177 Å². The maximum Gasteiger partial charge on any atom is 0.113 e. The van der Waals surface area contributed by atoms with Gasteiger partial charge in [-0.1, -0.05) is 47.7 Å². The Morgan fingerprint density at radius 3 is 2.13 bits per heavy atom. The zero-order valence-corrected chi connectivity index (χ0v) is 17.4. The summed E-state index contributed by atoms with van der Waals surface area (Å²) in [4.78, 5) is 0. The van der Waals surface area contributed by atoms with E-state index < -0.39 is 0 Å². The van der Waals surface area contributed by atoms with Gasteiger partial charge in [0.15, 0.2) is 0 Å². The lowest BCUT2D eigenvalue weighted by Crippen LogP contribution is -2.20. The third kappa shape index (κ3) is 3.86. The fourth-order valence-corrected chi connectivity index (χ4v) is 4.26. The molecule has 0 amide bonds. The predicted molar refractivity (Wildman–Crippen MR) is 122 cm³/mol. The molecule has 152 valence electrons. The first-order valence-corrected chi connectivity index (χ1v) is 10.7. The third-order valence-corrected chi connectivity index (χ3v) is 6.00. The molecular weight excluding hydrogens is 370 g/mol.